The largest absolute Gasteiger partial charge is 0.381 e. The minimum atomic E-state index is 0. The molecule has 0 unspecified atom stereocenters. The molecule has 0 bridgehead atoms. The molecular formula is C28H46OSm. The van der Waals surface area contributed by atoms with Gasteiger partial charge in [-0.2, -0.15) is 0 Å². The quantitative estimate of drug-likeness (QED) is 0.343. The normalized spacial score (nSPS) is 24.6. The van der Waals surface area contributed by atoms with Crippen molar-refractivity contribution in [1.82, 2.24) is 0 Å². The molecule has 0 aromatic carbocycles. The van der Waals surface area contributed by atoms with E-state index in [1.54, 1.807) is 11.8 Å². The molecule has 3 rings (SSSR count). The van der Waals surface area contributed by atoms with E-state index in [0.29, 0.717) is 0 Å². The molecular weight excluding hydrogens is 503 g/mol. The SMILES string of the molecule is C1CCOC1.CCC[C]1[C](C)[C](C)[C](C)[C]1C.CCC[C]1[C](C)[C](C)[C](C)[C]1C.[Sm]. The summed E-state index contributed by atoms with van der Waals surface area (Å²) < 4.78 is 4.94. The van der Waals surface area contributed by atoms with Crippen molar-refractivity contribution in [3.05, 3.63) is 59.2 Å². The van der Waals surface area contributed by atoms with Gasteiger partial charge >= 0.3 is 0 Å². The van der Waals surface area contributed by atoms with E-state index in [9.17, 15) is 0 Å². The van der Waals surface area contributed by atoms with E-state index >= 15 is 0 Å². The predicted molar refractivity (Wildman–Crippen MR) is 128 cm³/mol. The average molecular weight is 549 g/mol. The zero-order valence-electron chi connectivity index (χ0n) is 21.5. The molecule has 0 amide bonds. The number of hydrogen-bond donors (Lipinski definition) is 0. The monoisotopic (exact) mass is 550 g/mol. The minimum Gasteiger partial charge on any atom is -0.381 e. The molecule has 3 aliphatic rings. The molecule has 1 aliphatic heterocycles. The van der Waals surface area contributed by atoms with Crippen LogP contribution in [0.4, 0.5) is 0 Å². The van der Waals surface area contributed by atoms with Crippen molar-refractivity contribution in [2.45, 2.75) is 108 Å². The Morgan fingerprint density at radius 3 is 0.933 bits per heavy atom. The molecule has 1 heterocycles. The van der Waals surface area contributed by atoms with Crippen LogP contribution in [0.25, 0.3) is 0 Å². The molecule has 0 spiro atoms. The van der Waals surface area contributed by atoms with Crippen LogP contribution in [0, 0.1) is 99.6 Å². The Bertz CT molecular complexity index is 351. The fourth-order valence-corrected chi connectivity index (χ4v) is 4.35. The third kappa shape index (κ3) is 8.58. The van der Waals surface area contributed by atoms with E-state index in [1.807, 2.05) is 0 Å². The van der Waals surface area contributed by atoms with Crippen molar-refractivity contribution >= 4 is 0 Å². The van der Waals surface area contributed by atoms with Crippen LogP contribution < -0.4 is 0 Å². The number of rotatable bonds is 4. The molecule has 0 aromatic rings. The van der Waals surface area contributed by atoms with E-state index in [-0.39, 0.29) is 40.4 Å². The standard InChI is InChI=1S/2C12H19.C4H8O.Sm/c2*1-6-7-12-10(4)8(2)9(3)11(12)5;1-2-4-5-3-1;/h2*6-7H2,1-5H3;1-4H2;. The Balaban J connectivity index is 0.000000445. The maximum absolute atomic E-state index is 4.94. The summed E-state index contributed by atoms with van der Waals surface area (Å²) in [7, 11) is 0. The summed E-state index contributed by atoms with van der Waals surface area (Å²) in [4.78, 5) is 0. The second-order valence-corrected chi connectivity index (χ2v) is 8.78. The van der Waals surface area contributed by atoms with Gasteiger partial charge < -0.3 is 4.74 Å². The summed E-state index contributed by atoms with van der Waals surface area (Å²) in [5.41, 5.74) is 0. The van der Waals surface area contributed by atoms with Crippen molar-refractivity contribution in [1.29, 1.82) is 0 Å². The van der Waals surface area contributed by atoms with E-state index < -0.39 is 0 Å². The molecule has 0 N–H and O–H groups in total. The van der Waals surface area contributed by atoms with E-state index in [2.05, 4.69) is 69.2 Å². The van der Waals surface area contributed by atoms with Gasteiger partial charge in [-0.05, 0) is 84.9 Å². The zero-order valence-corrected chi connectivity index (χ0v) is 24.1. The first-order chi connectivity index (χ1) is 13.7. The van der Waals surface area contributed by atoms with Crippen LogP contribution in [0.2, 0.25) is 0 Å². The smallest absolute Gasteiger partial charge is 0.0466 e. The molecule has 2 saturated carbocycles. The number of hydrogen-bond acceptors (Lipinski definition) is 1. The van der Waals surface area contributed by atoms with Crippen LogP contribution in [-0.4, -0.2) is 13.2 Å². The van der Waals surface area contributed by atoms with Gasteiger partial charge in [0, 0.05) is 53.6 Å². The Kier molecular flexibility index (Phi) is 16.7. The van der Waals surface area contributed by atoms with Crippen molar-refractivity contribution in [2.24, 2.45) is 0 Å². The van der Waals surface area contributed by atoms with Gasteiger partial charge in [0.15, 0.2) is 0 Å². The van der Waals surface area contributed by atoms with Gasteiger partial charge in [0.2, 0.25) is 0 Å². The first kappa shape index (κ1) is 31.3. The molecule has 3 fully saturated rings. The fourth-order valence-electron chi connectivity index (χ4n) is 4.35. The third-order valence-electron chi connectivity index (χ3n) is 7.01. The molecule has 10 radical (unpaired) electrons. The predicted octanol–water partition coefficient (Wildman–Crippen LogP) is 8.30. The van der Waals surface area contributed by atoms with Crippen LogP contribution in [0.5, 0.6) is 0 Å². The molecule has 0 atom stereocenters. The summed E-state index contributed by atoms with van der Waals surface area (Å²) in [6.45, 7) is 24.4. The Labute approximate surface area is 223 Å². The zero-order chi connectivity index (χ0) is 22.1. The molecule has 0 aromatic heterocycles. The molecule has 1 nitrogen and oxygen atoms in total. The van der Waals surface area contributed by atoms with E-state index in [1.165, 1.54) is 85.9 Å². The summed E-state index contributed by atoms with van der Waals surface area (Å²) >= 11 is 0. The van der Waals surface area contributed by atoms with E-state index in [4.69, 9.17) is 4.74 Å². The van der Waals surface area contributed by atoms with Gasteiger partial charge in [0.25, 0.3) is 0 Å². The molecule has 2 heteroatoms. The van der Waals surface area contributed by atoms with Gasteiger partial charge in [0.05, 0.1) is 0 Å². The van der Waals surface area contributed by atoms with Crippen LogP contribution in [0.15, 0.2) is 0 Å². The van der Waals surface area contributed by atoms with E-state index in [0.717, 1.165) is 13.2 Å². The Morgan fingerprint density at radius 1 is 0.500 bits per heavy atom. The van der Waals surface area contributed by atoms with Crippen molar-refractivity contribution in [3.63, 3.8) is 0 Å². The summed E-state index contributed by atoms with van der Waals surface area (Å²) in [5.74, 6) is 15.2. The molecule has 170 valence electrons. The minimum absolute atomic E-state index is 0. The second kappa shape index (κ2) is 16.0. The summed E-state index contributed by atoms with van der Waals surface area (Å²) in [6, 6.07) is 0. The molecule has 1 saturated heterocycles. The fraction of sp³-hybridized carbons (Fsp3) is 0.643. The van der Waals surface area contributed by atoms with Crippen molar-refractivity contribution in [3.8, 4) is 0 Å². The maximum Gasteiger partial charge on any atom is 0.0466 e. The van der Waals surface area contributed by atoms with Crippen LogP contribution in [0.1, 0.15) is 108 Å². The topological polar surface area (TPSA) is 9.23 Å². The first-order valence-electron chi connectivity index (χ1n) is 11.7. The summed E-state index contributed by atoms with van der Waals surface area (Å²) in [6.07, 6.45) is 7.55. The summed E-state index contributed by atoms with van der Waals surface area (Å²) in [5, 5.41) is 0. The van der Waals surface area contributed by atoms with Gasteiger partial charge in [0.1, 0.15) is 0 Å². The van der Waals surface area contributed by atoms with Gasteiger partial charge in [-0.1, -0.05) is 82.1 Å². The van der Waals surface area contributed by atoms with Crippen LogP contribution in [0.3, 0.4) is 0 Å². The first-order valence-corrected chi connectivity index (χ1v) is 11.7. The van der Waals surface area contributed by atoms with Gasteiger partial charge in [-0.3, -0.25) is 0 Å². The average Bonchev–Trinajstić information content (AvgIpc) is 3.40. The van der Waals surface area contributed by atoms with Gasteiger partial charge in [-0.15, -0.1) is 0 Å². The van der Waals surface area contributed by atoms with Crippen LogP contribution >= 0.6 is 0 Å². The van der Waals surface area contributed by atoms with Gasteiger partial charge in [-0.25, -0.2) is 0 Å². The maximum atomic E-state index is 4.94. The van der Waals surface area contributed by atoms with Crippen molar-refractivity contribution in [2.75, 3.05) is 13.2 Å². The number of ether oxygens (including phenoxy) is 1. The Morgan fingerprint density at radius 2 is 0.767 bits per heavy atom. The Hall–Kier alpha value is 1.30. The van der Waals surface area contributed by atoms with Crippen molar-refractivity contribution < 1.29 is 45.1 Å². The van der Waals surface area contributed by atoms with Crippen LogP contribution in [-0.2, 0) is 4.74 Å². The second-order valence-electron chi connectivity index (χ2n) is 8.78. The molecule has 2 aliphatic carbocycles. The third-order valence-corrected chi connectivity index (χ3v) is 7.01. The molecule has 30 heavy (non-hydrogen) atoms.